The molecule has 0 spiro atoms. The predicted octanol–water partition coefficient (Wildman–Crippen LogP) is 4.08. The number of hydrogen-bond donors (Lipinski definition) is 0. The van der Waals surface area contributed by atoms with Crippen molar-refractivity contribution in [2.45, 2.75) is 6.92 Å². The SMILES string of the molecule is Cc1ccc(-c2ccc(C#N)cc2)c2cccnc12. The van der Waals surface area contributed by atoms with E-state index >= 15 is 0 Å². The summed E-state index contributed by atoms with van der Waals surface area (Å²) in [4.78, 5) is 4.45. The monoisotopic (exact) mass is 244 g/mol. The molecule has 1 aromatic heterocycles. The third kappa shape index (κ3) is 1.96. The van der Waals surface area contributed by atoms with Crippen molar-refractivity contribution in [3.63, 3.8) is 0 Å². The van der Waals surface area contributed by atoms with Gasteiger partial charge in [-0.15, -0.1) is 0 Å². The van der Waals surface area contributed by atoms with Crippen LogP contribution >= 0.6 is 0 Å². The van der Waals surface area contributed by atoms with Gasteiger partial charge in [-0.25, -0.2) is 0 Å². The Balaban J connectivity index is 2.25. The minimum atomic E-state index is 0.679. The molecule has 0 atom stereocenters. The van der Waals surface area contributed by atoms with Crippen molar-refractivity contribution >= 4 is 10.9 Å². The molecule has 0 saturated heterocycles. The van der Waals surface area contributed by atoms with Gasteiger partial charge in [-0.05, 0) is 41.8 Å². The Morgan fingerprint density at radius 1 is 1.00 bits per heavy atom. The maximum Gasteiger partial charge on any atom is 0.0991 e. The van der Waals surface area contributed by atoms with E-state index in [0.29, 0.717) is 5.56 Å². The van der Waals surface area contributed by atoms with Crippen LogP contribution in [0.3, 0.4) is 0 Å². The van der Waals surface area contributed by atoms with Crippen molar-refractivity contribution in [1.29, 1.82) is 5.26 Å². The second kappa shape index (κ2) is 4.55. The highest BCUT2D eigenvalue weighted by Gasteiger charge is 2.06. The van der Waals surface area contributed by atoms with Crippen LogP contribution in [0.5, 0.6) is 0 Å². The summed E-state index contributed by atoms with van der Waals surface area (Å²) in [6, 6.07) is 18.0. The fourth-order valence-corrected chi connectivity index (χ4v) is 2.29. The first kappa shape index (κ1) is 11.4. The molecule has 19 heavy (non-hydrogen) atoms. The molecule has 0 aliphatic carbocycles. The second-order valence-electron chi connectivity index (χ2n) is 4.52. The molecule has 2 nitrogen and oxygen atoms in total. The lowest BCUT2D eigenvalue weighted by Crippen LogP contribution is -1.87. The molecule has 3 aromatic rings. The Labute approximate surface area is 112 Å². The average Bonchev–Trinajstić information content (AvgIpc) is 2.48. The lowest BCUT2D eigenvalue weighted by atomic mass is 9.98. The number of rotatable bonds is 1. The van der Waals surface area contributed by atoms with E-state index in [1.807, 2.05) is 36.5 Å². The van der Waals surface area contributed by atoms with E-state index in [1.54, 1.807) is 0 Å². The average molecular weight is 244 g/mol. The number of aryl methyl sites for hydroxylation is 1. The van der Waals surface area contributed by atoms with Crippen LogP contribution in [0.1, 0.15) is 11.1 Å². The summed E-state index contributed by atoms with van der Waals surface area (Å²) in [6.07, 6.45) is 1.82. The zero-order valence-corrected chi connectivity index (χ0v) is 10.6. The van der Waals surface area contributed by atoms with Crippen LogP contribution in [0.25, 0.3) is 22.0 Å². The molecule has 3 rings (SSSR count). The molecule has 90 valence electrons. The molecule has 2 aromatic carbocycles. The molecule has 0 N–H and O–H groups in total. The Morgan fingerprint density at radius 2 is 1.79 bits per heavy atom. The zero-order valence-electron chi connectivity index (χ0n) is 10.6. The summed E-state index contributed by atoms with van der Waals surface area (Å²) in [7, 11) is 0. The Morgan fingerprint density at radius 3 is 2.53 bits per heavy atom. The Kier molecular flexibility index (Phi) is 2.74. The standard InChI is InChI=1S/C17H12N2/c1-12-4-9-15(16-3-2-10-19-17(12)16)14-7-5-13(11-18)6-8-14/h2-10H,1H3. The van der Waals surface area contributed by atoms with Gasteiger partial charge in [-0.3, -0.25) is 4.98 Å². The first-order valence-corrected chi connectivity index (χ1v) is 6.14. The van der Waals surface area contributed by atoms with Gasteiger partial charge in [0, 0.05) is 11.6 Å². The summed E-state index contributed by atoms with van der Waals surface area (Å²) in [5.41, 5.74) is 5.14. The molecule has 0 aliphatic heterocycles. The minimum absolute atomic E-state index is 0.679. The van der Waals surface area contributed by atoms with Gasteiger partial charge >= 0.3 is 0 Å². The smallest absolute Gasteiger partial charge is 0.0991 e. The van der Waals surface area contributed by atoms with E-state index in [4.69, 9.17) is 5.26 Å². The van der Waals surface area contributed by atoms with E-state index in [2.05, 4.69) is 36.2 Å². The van der Waals surface area contributed by atoms with E-state index in [9.17, 15) is 0 Å². The van der Waals surface area contributed by atoms with E-state index < -0.39 is 0 Å². The highest BCUT2D eigenvalue weighted by atomic mass is 14.6. The topological polar surface area (TPSA) is 36.7 Å². The van der Waals surface area contributed by atoms with Crippen molar-refractivity contribution in [3.05, 3.63) is 65.9 Å². The van der Waals surface area contributed by atoms with E-state index in [-0.39, 0.29) is 0 Å². The van der Waals surface area contributed by atoms with Crippen molar-refractivity contribution in [3.8, 4) is 17.2 Å². The second-order valence-corrected chi connectivity index (χ2v) is 4.52. The molecule has 0 amide bonds. The number of nitrogens with zero attached hydrogens (tertiary/aromatic N) is 2. The highest BCUT2D eigenvalue weighted by molar-refractivity contribution is 5.96. The molecular formula is C17H12N2. The fourth-order valence-electron chi connectivity index (χ4n) is 2.29. The van der Waals surface area contributed by atoms with Gasteiger partial charge in [0.05, 0.1) is 17.1 Å². The molecule has 0 bridgehead atoms. The Bertz CT molecular complexity index is 780. The normalized spacial score (nSPS) is 10.3. The molecule has 0 unspecified atom stereocenters. The van der Waals surface area contributed by atoms with Crippen molar-refractivity contribution in [2.75, 3.05) is 0 Å². The van der Waals surface area contributed by atoms with Gasteiger partial charge in [0.15, 0.2) is 0 Å². The van der Waals surface area contributed by atoms with Crippen LogP contribution < -0.4 is 0 Å². The molecule has 2 heteroatoms. The van der Waals surface area contributed by atoms with Crippen LogP contribution in [0.2, 0.25) is 0 Å². The number of aromatic nitrogens is 1. The van der Waals surface area contributed by atoms with Gasteiger partial charge in [0.2, 0.25) is 0 Å². The van der Waals surface area contributed by atoms with Crippen molar-refractivity contribution in [1.82, 2.24) is 4.98 Å². The third-order valence-electron chi connectivity index (χ3n) is 3.30. The van der Waals surface area contributed by atoms with Crippen molar-refractivity contribution in [2.24, 2.45) is 0 Å². The van der Waals surface area contributed by atoms with Crippen LogP contribution in [0, 0.1) is 18.3 Å². The first-order chi connectivity index (χ1) is 9.29. The molecule has 0 radical (unpaired) electrons. The van der Waals surface area contributed by atoms with Crippen molar-refractivity contribution < 1.29 is 0 Å². The summed E-state index contributed by atoms with van der Waals surface area (Å²) in [5, 5.41) is 9.99. The minimum Gasteiger partial charge on any atom is -0.256 e. The van der Waals surface area contributed by atoms with Gasteiger partial charge in [-0.2, -0.15) is 5.26 Å². The van der Waals surface area contributed by atoms with Gasteiger partial charge in [0.25, 0.3) is 0 Å². The molecule has 1 heterocycles. The quantitative estimate of drug-likeness (QED) is 0.646. The summed E-state index contributed by atoms with van der Waals surface area (Å²) in [6.45, 7) is 2.07. The summed E-state index contributed by atoms with van der Waals surface area (Å²) >= 11 is 0. The molecule has 0 saturated carbocycles. The maximum absolute atomic E-state index is 8.85. The number of pyridine rings is 1. The largest absolute Gasteiger partial charge is 0.256 e. The van der Waals surface area contributed by atoms with E-state index in [0.717, 1.165) is 22.0 Å². The number of fused-ring (bicyclic) bond motifs is 1. The Hall–Kier alpha value is -2.66. The van der Waals surface area contributed by atoms with Gasteiger partial charge in [-0.1, -0.05) is 30.3 Å². The van der Waals surface area contributed by atoms with Gasteiger partial charge in [0.1, 0.15) is 0 Å². The third-order valence-corrected chi connectivity index (χ3v) is 3.30. The lowest BCUT2D eigenvalue weighted by Gasteiger charge is -2.08. The summed E-state index contributed by atoms with van der Waals surface area (Å²) in [5.74, 6) is 0. The predicted molar refractivity (Wildman–Crippen MR) is 76.6 cm³/mol. The van der Waals surface area contributed by atoms with E-state index in [1.165, 1.54) is 5.56 Å². The van der Waals surface area contributed by atoms with Crippen LogP contribution in [0.4, 0.5) is 0 Å². The summed E-state index contributed by atoms with van der Waals surface area (Å²) < 4.78 is 0. The number of hydrogen-bond acceptors (Lipinski definition) is 2. The lowest BCUT2D eigenvalue weighted by molar-refractivity contribution is 1.37. The number of nitriles is 1. The van der Waals surface area contributed by atoms with Crippen LogP contribution in [-0.4, -0.2) is 4.98 Å². The molecular weight excluding hydrogens is 232 g/mol. The van der Waals surface area contributed by atoms with Crippen LogP contribution in [0.15, 0.2) is 54.7 Å². The first-order valence-electron chi connectivity index (χ1n) is 6.14. The number of benzene rings is 2. The van der Waals surface area contributed by atoms with Gasteiger partial charge < -0.3 is 0 Å². The zero-order chi connectivity index (χ0) is 13.2. The molecule has 0 fully saturated rings. The maximum atomic E-state index is 8.85. The fraction of sp³-hybridized carbons (Fsp3) is 0.0588. The van der Waals surface area contributed by atoms with Crippen LogP contribution in [-0.2, 0) is 0 Å². The molecule has 0 aliphatic rings. The highest BCUT2D eigenvalue weighted by Crippen LogP contribution is 2.29.